The molecule has 8 nitrogen and oxygen atoms in total. The van der Waals surface area contributed by atoms with Gasteiger partial charge in [0.25, 0.3) is 5.56 Å². The Morgan fingerprint density at radius 3 is 2.67 bits per heavy atom. The van der Waals surface area contributed by atoms with E-state index >= 15 is 0 Å². The maximum Gasteiger partial charge on any atom is 0.345 e. The molecule has 10 heteroatoms. The molecule has 0 spiro atoms. The summed E-state index contributed by atoms with van der Waals surface area (Å²) in [4.78, 5) is 30.5. The fourth-order valence-electron chi connectivity index (χ4n) is 3.47. The predicted molar refractivity (Wildman–Crippen MR) is 118 cm³/mol. The SMILES string of the molecule is O=C(O)c1cc(-c2cccc(-c3nn4c(N5CCNCC5)cc(=O)nc4s3)c2)cs1. The van der Waals surface area contributed by atoms with Crippen LogP contribution in [0.15, 0.2) is 46.6 Å². The first kappa shape index (κ1) is 18.9. The molecule has 1 saturated heterocycles. The summed E-state index contributed by atoms with van der Waals surface area (Å²) < 4.78 is 1.74. The van der Waals surface area contributed by atoms with Crippen molar-refractivity contribution in [2.75, 3.05) is 31.1 Å². The first-order valence-corrected chi connectivity index (χ1v) is 11.1. The minimum Gasteiger partial charge on any atom is -0.477 e. The summed E-state index contributed by atoms with van der Waals surface area (Å²) in [5, 5.41) is 19.8. The van der Waals surface area contributed by atoms with E-state index in [9.17, 15) is 14.7 Å². The lowest BCUT2D eigenvalue weighted by atomic mass is 10.1. The summed E-state index contributed by atoms with van der Waals surface area (Å²) in [6, 6.07) is 11.0. The van der Waals surface area contributed by atoms with Crippen LogP contribution in [-0.4, -0.2) is 51.9 Å². The van der Waals surface area contributed by atoms with Crippen molar-refractivity contribution in [3.63, 3.8) is 0 Å². The van der Waals surface area contributed by atoms with Crippen LogP contribution in [0.1, 0.15) is 9.67 Å². The number of thiophene rings is 1. The van der Waals surface area contributed by atoms with E-state index in [1.807, 2.05) is 29.6 Å². The molecule has 5 rings (SSSR count). The van der Waals surface area contributed by atoms with Gasteiger partial charge in [0.2, 0.25) is 4.96 Å². The van der Waals surface area contributed by atoms with Crippen LogP contribution < -0.4 is 15.8 Å². The van der Waals surface area contributed by atoms with E-state index in [1.165, 1.54) is 28.7 Å². The molecule has 0 saturated carbocycles. The number of nitrogens with one attached hydrogen (secondary N) is 1. The molecular formula is C20H17N5O3S2. The average molecular weight is 440 g/mol. The number of nitrogens with zero attached hydrogens (tertiary/aromatic N) is 4. The largest absolute Gasteiger partial charge is 0.477 e. The van der Waals surface area contributed by atoms with Crippen molar-refractivity contribution in [1.29, 1.82) is 0 Å². The van der Waals surface area contributed by atoms with Crippen LogP contribution >= 0.6 is 22.7 Å². The van der Waals surface area contributed by atoms with Gasteiger partial charge in [0.05, 0.1) is 0 Å². The number of aromatic carboxylic acids is 1. The van der Waals surface area contributed by atoms with E-state index < -0.39 is 5.97 Å². The van der Waals surface area contributed by atoms with E-state index in [-0.39, 0.29) is 5.56 Å². The summed E-state index contributed by atoms with van der Waals surface area (Å²) in [6.07, 6.45) is 0. The molecule has 3 aromatic heterocycles. The molecule has 30 heavy (non-hydrogen) atoms. The molecule has 0 aliphatic carbocycles. The number of carbonyl (C=O) groups is 1. The zero-order valence-corrected chi connectivity index (χ0v) is 17.4. The standard InChI is InChI=1S/C20H17N5O3S2/c26-16-10-17(24-6-4-21-5-7-24)25-20(22-16)30-18(23-25)13-3-1-2-12(8-13)14-9-15(19(27)28)29-11-14/h1-3,8-11,21H,4-7H2,(H,27,28). The van der Waals surface area contributed by atoms with Crippen LogP contribution in [0.25, 0.3) is 26.7 Å². The monoisotopic (exact) mass is 439 g/mol. The average Bonchev–Trinajstić information content (AvgIpc) is 3.41. The minimum atomic E-state index is -0.926. The van der Waals surface area contributed by atoms with Crippen molar-refractivity contribution in [2.24, 2.45) is 0 Å². The first-order chi connectivity index (χ1) is 14.6. The maximum atomic E-state index is 12.2. The topological polar surface area (TPSA) is 99.8 Å². The highest BCUT2D eigenvalue weighted by molar-refractivity contribution is 7.19. The highest BCUT2D eigenvalue weighted by Gasteiger charge is 2.18. The van der Waals surface area contributed by atoms with Crippen molar-refractivity contribution in [3.05, 3.63) is 57.0 Å². The third-order valence-electron chi connectivity index (χ3n) is 4.93. The Kier molecular flexibility index (Phi) is 4.81. The fourth-order valence-corrected chi connectivity index (χ4v) is 5.12. The molecule has 1 aromatic carbocycles. The van der Waals surface area contributed by atoms with Gasteiger partial charge in [-0.15, -0.1) is 11.3 Å². The van der Waals surface area contributed by atoms with Crippen LogP contribution in [0, 0.1) is 0 Å². The van der Waals surface area contributed by atoms with Gasteiger partial charge in [-0.25, -0.2) is 4.79 Å². The number of piperazine rings is 1. The molecule has 0 unspecified atom stereocenters. The lowest BCUT2D eigenvalue weighted by Gasteiger charge is -2.28. The molecule has 0 atom stereocenters. The van der Waals surface area contributed by atoms with Gasteiger partial charge in [0.1, 0.15) is 15.7 Å². The second kappa shape index (κ2) is 7.63. The van der Waals surface area contributed by atoms with Gasteiger partial charge in [-0.05, 0) is 28.6 Å². The van der Waals surface area contributed by atoms with E-state index in [4.69, 9.17) is 5.10 Å². The summed E-state index contributed by atoms with van der Waals surface area (Å²) >= 11 is 2.57. The first-order valence-electron chi connectivity index (χ1n) is 9.38. The Labute approximate surface area is 179 Å². The molecule has 1 aliphatic heterocycles. The number of carboxylic acids is 1. The number of fused-ring (bicyclic) bond motifs is 1. The smallest absolute Gasteiger partial charge is 0.345 e. The van der Waals surface area contributed by atoms with Gasteiger partial charge in [-0.1, -0.05) is 29.5 Å². The Morgan fingerprint density at radius 1 is 1.10 bits per heavy atom. The number of rotatable bonds is 4. The van der Waals surface area contributed by atoms with Crippen LogP contribution in [0.5, 0.6) is 0 Å². The van der Waals surface area contributed by atoms with Crippen LogP contribution in [0.4, 0.5) is 5.82 Å². The molecule has 1 aliphatic rings. The van der Waals surface area contributed by atoms with Crippen molar-refractivity contribution in [3.8, 4) is 21.7 Å². The molecule has 2 N–H and O–H groups in total. The van der Waals surface area contributed by atoms with Gasteiger partial charge >= 0.3 is 5.97 Å². The summed E-state index contributed by atoms with van der Waals surface area (Å²) in [5.74, 6) is -0.168. The molecule has 0 bridgehead atoms. The maximum absolute atomic E-state index is 12.2. The second-order valence-electron chi connectivity index (χ2n) is 6.88. The van der Waals surface area contributed by atoms with Crippen molar-refractivity contribution >= 4 is 39.4 Å². The number of anilines is 1. The highest BCUT2D eigenvalue weighted by atomic mass is 32.1. The van der Waals surface area contributed by atoms with Gasteiger partial charge in [-0.3, -0.25) is 4.79 Å². The summed E-state index contributed by atoms with van der Waals surface area (Å²) in [7, 11) is 0. The molecule has 0 amide bonds. The minimum absolute atomic E-state index is 0.271. The third-order valence-corrected chi connectivity index (χ3v) is 6.81. The van der Waals surface area contributed by atoms with Gasteiger partial charge in [-0.2, -0.15) is 14.6 Å². The van der Waals surface area contributed by atoms with Crippen LogP contribution in [0.2, 0.25) is 0 Å². The van der Waals surface area contributed by atoms with E-state index in [0.717, 1.165) is 53.7 Å². The van der Waals surface area contributed by atoms with Crippen molar-refractivity contribution in [1.82, 2.24) is 19.9 Å². The number of aromatic nitrogens is 3. The lowest BCUT2D eigenvalue weighted by Crippen LogP contribution is -2.44. The fraction of sp³-hybridized carbons (Fsp3) is 0.200. The van der Waals surface area contributed by atoms with Crippen LogP contribution in [-0.2, 0) is 0 Å². The van der Waals surface area contributed by atoms with Crippen molar-refractivity contribution < 1.29 is 9.90 Å². The number of carboxylic acid groups (broad SMARTS) is 1. The Balaban J connectivity index is 1.56. The summed E-state index contributed by atoms with van der Waals surface area (Å²) in [6.45, 7) is 3.32. The Morgan fingerprint density at radius 2 is 1.90 bits per heavy atom. The number of hydrogen-bond donors (Lipinski definition) is 2. The van der Waals surface area contributed by atoms with Gasteiger partial charge in [0, 0.05) is 37.8 Å². The molecular weight excluding hydrogens is 422 g/mol. The zero-order chi connectivity index (χ0) is 20.7. The number of hydrogen-bond acceptors (Lipinski definition) is 8. The summed E-state index contributed by atoms with van der Waals surface area (Å²) in [5.41, 5.74) is 2.39. The molecule has 0 radical (unpaired) electrons. The van der Waals surface area contributed by atoms with Crippen molar-refractivity contribution in [2.45, 2.75) is 0 Å². The molecule has 152 valence electrons. The number of benzene rings is 1. The van der Waals surface area contributed by atoms with E-state index in [0.29, 0.717) is 9.84 Å². The lowest BCUT2D eigenvalue weighted by molar-refractivity contribution is 0.0702. The third kappa shape index (κ3) is 3.49. The predicted octanol–water partition coefficient (Wildman–Crippen LogP) is 2.65. The zero-order valence-electron chi connectivity index (χ0n) is 15.7. The molecule has 4 aromatic rings. The quantitative estimate of drug-likeness (QED) is 0.504. The highest BCUT2D eigenvalue weighted by Crippen LogP contribution is 2.32. The van der Waals surface area contributed by atoms with E-state index in [2.05, 4.69) is 15.2 Å². The van der Waals surface area contributed by atoms with Crippen LogP contribution in [0.3, 0.4) is 0 Å². The van der Waals surface area contributed by atoms with Gasteiger partial charge in [0.15, 0.2) is 0 Å². The van der Waals surface area contributed by atoms with Gasteiger partial charge < -0.3 is 15.3 Å². The Hall–Kier alpha value is -3.08. The Bertz CT molecular complexity index is 1300. The normalized spacial score (nSPS) is 14.3. The molecule has 1 fully saturated rings. The molecule has 4 heterocycles. The van der Waals surface area contributed by atoms with E-state index in [1.54, 1.807) is 10.6 Å². The second-order valence-corrected chi connectivity index (χ2v) is 8.74.